The molecule has 0 saturated heterocycles. The summed E-state index contributed by atoms with van der Waals surface area (Å²) in [7, 11) is 0. The molecule has 1 nitrogen and oxygen atoms in total. The number of benzene rings is 9. The minimum atomic E-state index is 0.877. The van der Waals surface area contributed by atoms with Crippen molar-refractivity contribution >= 4 is 43.6 Å². The van der Waals surface area contributed by atoms with Crippen molar-refractivity contribution in [3.63, 3.8) is 0 Å². The van der Waals surface area contributed by atoms with Crippen LogP contribution in [0.15, 0.2) is 206 Å². The van der Waals surface area contributed by atoms with E-state index >= 15 is 0 Å². The molecule has 1 aliphatic rings. The smallest absolute Gasteiger partial charge is 0.0544 e. The fraction of sp³-hybridized carbons (Fsp3) is 0.0182. The minimum absolute atomic E-state index is 0.877. The molecule has 9 aromatic carbocycles. The van der Waals surface area contributed by atoms with Crippen molar-refractivity contribution in [1.29, 1.82) is 0 Å². The van der Waals surface area contributed by atoms with Crippen LogP contribution >= 0.6 is 0 Å². The van der Waals surface area contributed by atoms with Crippen LogP contribution in [0, 0.1) is 0 Å². The fourth-order valence-electron chi connectivity index (χ4n) is 9.20. The lowest BCUT2D eigenvalue weighted by Gasteiger charge is -2.20. The van der Waals surface area contributed by atoms with Gasteiger partial charge in [0.2, 0.25) is 0 Å². The highest BCUT2D eigenvalue weighted by Gasteiger charge is 2.28. The summed E-state index contributed by atoms with van der Waals surface area (Å²) in [6, 6.07) is 75.5. The Bertz CT molecular complexity index is 3090. The first-order chi connectivity index (χ1) is 27.8. The van der Waals surface area contributed by atoms with E-state index in [0.717, 1.165) is 17.6 Å². The monoisotopic (exact) mass is 711 g/mol. The number of hydrogen-bond acceptors (Lipinski definition) is 0. The molecule has 1 heteroatoms. The number of fused-ring (bicyclic) bond motifs is 4. The molecule has 0 atom stereocenters. The molecule has 1 aromatic heterocycles. The van der Waals surface area contributed by atoms with Crippen LogP contribution in [0.5, 0.6) is 0 Å². The lowest BCUT2D eigenvalue weighted by Crippen LogP contribution is -1.95. The summed E-state index contributed by atoms with van der Waals surface area (Å²) in [4.78, 5) is 3.94. The Morgan fingerprint density at radius 2 is 0.732 bits per heavy atom. The zero-order chi connectivity index (χ0) is 37.0. The van der Waals surface area contributed by atoms with Crippen LogP contribution in [-0.2, 0) is 6.42 Å². The molecule has 0 amide bonds. The Kier molecular flexibility index (Phi) is 7.64. The predicted molar refractivity (Wildman–Crippen MR) is 238 cm³/mol. The molecule has 0 spiro atoms. The average molecular weight is 712 g/mol. The van der Waals surface area contributed by atoms with Crippen LogP contribution in [0.25, 0.3) is 88.2 Å². The van der Waals surface area contributed by atoms with Gasteiger partial charge in [0, 0.05) is 16.5 Å². The highest BCUT2D eigenvalue weighted by atomic mass is 14.7. The van der Waals surface area contributed by atoms with Crippen molar-refractivity contribution in [3.05, 3.63) is 229 Å². The van der Waals surface area contributed by atoms with Gasteiger partial charge in [-0.05, 0) is 119 Å². The van der Waals surface area contributed by atoms with Crippen LogP contribution in [0.2, 0.25) is 0 Å². The Morgan fingerprint density at radius 1 is 0.321 bits per heavy atom. The molecule has 0 saturated carbocycles. The topological polar surface area (TPSA) is 15.8 Å². The summed E-state index contributed by atoms with van der Waals surface area (Å²) >= 11 is 0. The van der Waals surface area contributed by atoms with Crippen molar-refractivity contribution in [2.75, 3.05) is 0 Å². The van der Waals surface area contributed by atoms with Crippen LogP contribution in [0.4, 0.5) is 0 Å². The summed E-state index contributed by atoms with van der Waals surface area (Å²) in [5, 5.41) is 6.26. The third-order valence-electron chi connectivity index (χ3n) is 11.6. The number of rotatable bonds is 6. The van der Waals surface area contributed by atoms with Gasteiger partial charge in [-0.25, -0.2) is 0 Å². The number of allylic oxidation sites excluding steroid dienone is 1. The first-order valence-corrected chi connectivity index (χ1v) is 19.5. The second kappa shape index (κ2) is 13.3. The molecule has 10 aromatic rings. The molecule has 0 fully saturated rings. The average Bonchev–Trinajstić information content (AvgIpc) is 3.84. The maximum atomic E-state index is 3.94. The highest BCUT2D eigenvalue weighted by Crippen LogP contribution is 2.51. The first-order valence-electron chi connectivity index (χ1n) is 19.5. The van der Waals surface area contributed by atoms with Crippen LogP contribution < -0.4 is 0 Å². The molecule has 0 bridgehead atoms. The van der Waals surface area contributed by atoms with E-state index in [9.17, 15) is 0 Å². The van der Waals surface area contributed by atoms with Gasteiger partial charge < -0.3 is 4.98 Å². The molecular formula is C55H37N. The predicted octanol–water partition coefficient (Wildman–Crippen LogP) is 14.7. The third-order valence-corrected chi connectivity index (χ3v) is 11.6. The molecular weight excluding hydrogens is 675 g/mol. The van der Waals surface area contributed by atoms with Crippen LogP contribution in [0.3, 0.4) is 0 Å². The number of H-pyrrole nitrogens is 1. The maximum Gasteiger partial charge on any atom is 0.0544 e. The van der Waals surface area contributed by atoms with Gasteiger partial charge in [0.05, 0.1) is 5.69 Å². The highest BCUT2D eigenvalue weighted by molar-refractivity contribution is 6.25. The van der Waals surface area contributed by atoms with Gasteiger partial charge in [-0.15, -0.1) is 0 Å². The Labute approximate surface area is 326 Å². The van der Waals surface area contributed by atoms with E-state index in [1.165, 1.54) is 99.3 Å². The number of aromatic amines is 1. The maximum absolute atomic E-state index is 3.94. The van der Waals surface area contributed by atoms with E-state index in [1.807, 2.05) is 0 Å². The standard InChI is InChI=1S/C55H37N/c1-7-19-36(20-8-1)43-31-42-32-45-46(33-44(42)51(43)37-21-9-2-10-22-37)53(39-25-13-4-14-26-39)48-35-50-49(34-47(48)52(45)38-23-11-3-12-24-38)54(40-27-15-5-16-28-40)55(56-50)41-29-17-6-18-30-41/h1-30,32-35,56H,31H2. The Balaban J connectivity index is 1.30. The van der Waals surface area contributed by atoms with Crippen LogP contribution in [-0.4, -0.2) is 4.98 Å². The summed E-state index contributed by atoms with van der Waals surface area (Å²) in [6.07, 6.45) is 0.877. The molecule has 1 N–H and O–H groups in total. The third kappa shape index (κ3) is 5.24. The molecule has 0 aliphatic heterocycles. The Morgan fingerprint density at radius 3 is 1.27 bits per heavy atom. The molecule has 56 heavy (non-hydrogen) atoms. The number of nitrogens with one attached hydrogen (secondary N) is 1. The lowest BCUT2D eigenvalue weighted by molar-refractivity contribution is 1.33. The van der Waals surface area contributed by atoms with Gasteiger partial charge >= 0.3 is 0 Å². The molecule has 1 heterocycles. The zero-order valence-corrected chi connectivity index (χ0v) is 30.8. The van der Waals surface area contributed by atoms with E-state index in [2.05, 4.69) is 211 Å². The Hall–Kier alpha value is -7.22. The van der Waals surface area contributed by atoms with E-state index in [0.29, 0.717) is 0 Å². The molecule has 0 unspecified atom stereocenters. The fourth-order valence-corrected chi connectivity index (χ4v) is 9.20. The molecule has 11 rings (SSSR count). The second-order valence-corrected chi connectivity index (χ2v) is 14.8. The van der Waals surface area contributed by atoms with E-state index in [1.54, 1.807) is 0 Å². The van der Waals surface area contributed by atoms with Gasteiger partial charge in [0.15, 0.2) is 0 Å². The summed E-state index contributed by atoms with van der Waals surface area (Å²) in [5.74, 6) is 0. The lowest BCUT2D eigenvalue weighted by atomic mass is 9.83. The van der Waals surface area contributed by atoms with Crippen LogP contribution in [0.1, 0.15) is 22.3 Å². The van der Waals surface area contributed by atoms with Crippen molar-refractivity contribution < 1.29 is 0 Å². The van der Waals surface area contributed by atoms with Crippen molar-refractivity contribution in [1.82, 2.24) is 4.98 Å². The van der Waals surface area contributed by atoms with E-state index < -0.39 is 0 Å². The second-order valence-electron chi connectivity index (χ2n) is 14.8. The van der Waals surface area contributed by atoms with Gasteiger partial charge in [0.25, 0.3) is 0 Å². The van der Waals surface area contributed by atoms with Gasteiger partial charge in [-0.2, -0.15) is 0 Å². The van der Waals surface area contributed by atoms with Crippen molar-refractivity contribution in [2.45, 2.75) is 6.42 Å². The first kappa shape index (κ1) is 32.2. The summed E-state index contributed by atoms with van der Waals surface area (Å²) in [6.45, 7) is 0. The van der Waals surface area contributed by atoms with Gasteiger partial charge in [0.1, 0.15) is 0 Å². The minimum Gasteiger partial charge on any atom is -0.354 e. The zero-order valence-electron chi connectivity index (χ0n) is 30.8. The summed E-state index contributed by atoms with van der Waals surface area (Å²) in [5.41, 5.74) is 18.8. The van der Waals surface area contributed by atoms with Gasteiger partial charge in [-0.3, -0.25) is 0 Å². The normalized spacial score (nSPS) is 12.5. The molecule has 1 aliphatic carbocycles. The van der Waals surface area contributed by atoms with E-state index in [4.69, 9.17) is 0 Å². The quantitative estimate of drug-likeness (QED) is 0.165. The molecule has 262 valence electrons. The van der Waals surface area contributed by atoms with Gasteiger partial charge in [-0.1, -0.05) is 182 Å². The summed E-state index contributed by atoms with van der Waals surface area (Å²) < 4.78 is 0. The van der Waals surface area contributed by atoms with Crippen molar-refractivity contribution in [2.24, 2.45) is 0 Å². The van der Waals surface area contributed by atoms with E-state index in [-0.39, 0.29) is 0 Å². The van der Waals surface area contributed by atoms with Crippen molar-refractivity contribution in [3.8, 4) is 44.6 Å². The number of aromatic nitrogens is 1. The molecule has 0 radical (unpaired) electrons. The number of hydrogen-bond donors (Lipinski definition) is 1. The SMILES string of the molecule is c1ccc(C2=C(c3ccccc3)c3cc4c(-c5ccccc5)c5cc6[nH]c(-c7ccccc7)c(-c7ccccc7)c6cc5c(-c5ccccc5)c4cc3C2)cc1. The largest absolute Gasteiger partial charge is 0.354 e.